The van der Waals surface area contributed by atoms with Gasteiger partial charge < -0.3 is 9.64 Å². The van der Waals surface area contributed by atoms with Gasteiger partial charge in [-0.15, -0.1) is 0 Å². The van der Waals surface area contributed by atoms with Crippen LogP contribution >= 0.6 is 23.2 Å². The maximum atomic E-state index is 11.3. The van der Waals surface area contributed by atoms with Gasteiger partial charge >= 0.3 is 0 Å². The third-order valence-electron chi connectivity index (χ3n) is 4.67. The summed E-state index contributed by atoms with van der Waals surface area (Å²) in [4.78, 5) is 13.4. The van der Waals surface area contributed by atoms with E-state index in [-0.39, 0.29) is 6.04 Å². The minimum absolute atomic E-state index is 0.212. The molecule has 2 rings (SSSR count). The number of likely N-dealkylation sites (N-methyl/N-ethyl adjacent to an activating group) is 1. The van der Waals surface area contributed by atoms with E-state index in [0.717, 1.165) is 28.9 Å². The topological polar surface area (TPSA) is 29.5 Å². The molecule has 0 fully saturated rings. The van der Waals surface area contributed by atoms with Gasteiger partial charge in [0.15, 0.2) is 0 Å². The molecule has 3 nitrogen and oxygen atoms in total. The summed E-state index contributed by atoms with van der Waals surface area (Å²) in [5, 5.41) is 1.34. The zero-order chi connectivity index (χ0) is 20.7. The normalized spacial score (nSPS) is 13.2. The second-order valence-electron chi connectivity index (χ2n) is 6.72. The van der Waals surface area contributed by atoms with E-state index in [1.54, 1.807) is 7.11 Å². The lowest BCUT2D eigenvalue weighted by atomic mass is 9.98. The minimum atomic E-state index is 0.212. The molecule has 0 radical (unpaired) electrons. The molecule has 0 spiro atoms. The Balaban J connectivity index is 2.30. The van der Waals surface area contributed by atoms with Crippen molar-refractivity contribution in [2.75, 3.05) is 14.2 Å². The Bertz CT molecular complexity index is 873. The molecule has 0 saturated carbocycles. The number of aldehydes is 1. The molecular weight excluding hydrogens is 393 g/mol. The molecule has 0 aliphatic heterocycles. The van der Waals surface area contributed by atoms with E-state index in [1.165, 1.54) is 11.6 Å². The Kier molecular flexibility index (Phi) is 8.16. The fourth-order valence-corrected chi connectivity index (χ4v) is 3.21. The number of carbonyl (C=O) groups is 1. The third-order valence-corrected chi connectivity index (χ3v) is 5.16. The highest BCUT2D eigenvalue weighted by molar-refractivity contribution is 6.31. The lowest BCUT2D eigenvalue weighted by Gasteiger charge is -2.25. The highest BCUT2D eigenvalue weighted by atomic mass is 35.5. The van der Waals surface area contributed by atoms with Crippen molar-refractivity contribution >= 4 is 35.1 Å². The van der Waals surface area contributed by atoms with Crippen LogP contribution in [0.25, 0.3) is 5.57 Å². The summed E-state index contributed by atoms with van der Waals surface area (Å²) in [6.07, 6.45) is 5.03. The molecule has 0 saturated heterocycles. The van der Waals surface area contributed by atoms with Crippen molar-refractivity contribution in [3.8, 4) is 0 Å². The van der Waals surface area contributed by atoms with E-state index in [0.29, 0.717) is 16.4 Å². The zero-order valence-electron chi connectivity index (χ0n) is 16.6. The van der Waals surface area contributed by atoms with Gasteiger partial charge in [0.05, 0.1) is 7.11 Å². The van der Waals surface area contributed by atoms with Crippen LogP contribution in [0, 0.1) is 6.92 Å². The van der Waals surface area contributed by atoms with Crippen molar-refractivity contribution in [3.63, 3.8) is 0 Å². The highest BCUT2D eigenvalue weighted by Crippen LogP contribution is 2.29. The second-order valence-corrected chi connectivity index (χ2v) is 7.59. The number of allylic oxidation sites excluding steroid dienone is 2. The first-order chi connectivity index (χ1) is 13.3. The van der Waals surface area contributed by atoms with Crippen LogP contribution in [0.3, 0.4) is 0 Å². The molecule has 0 aliphatic carbocycles. The lowest BCUT2D eigenvalue weighted by molar-refractivity contribution is -0.104. The summed E-state index contributed by atoms with van der Waals surface area (Å²) in [6.45, 7) is 4.11. The Labute approximate surface area is 177 Å². The lowest BCUT2D eigenvalue weighted by Crippen LogP contribution is -2.26. The number of hydrogen-bond donors (Lipinski definition) is 0. The van der Waals surface area contributed by atoms with Crippen molar-refractivity contribution in [3.05, 3.63) is 87.2 Å². The smallest absolute Gasteiger partial charge is 0.143 e. The van der Waals surface area contributed by atoms with Crippen LogP contribution in [-0.2, 0) is 16.0 Å². The van der Waals surface area contributed by atoms with Gasteiger partial charge in [-0.05, 0) is 67.3 Å². The van der Waals surface area contributed by atoms with Gasteiger partial charge in [0.2, 0.25) is 0 Å². The zero-order valence-corrected chi connectivity index (χ0v) is 18.1. The van der Waals surface area contributed by atoms with E-state index in [4.69, 9.17) is 27.9 Å². The van der Waals surface area contributed by atoms with Crippen LogP contribution in [0.2, 0.25) is 10.0 Å². The van der Waals surface area contributed by atoms with E-state index >= 15 is 0 Å². The number of ether oxygens (including phenoxy) is 1. The van der Waals surface area contributed by atoms with Gasteiger partial charge in [-0.1, -0.05) is 41.4 Å². The Morgan fingerprint density at radius 3 is 2.39 bits per heavy atom. The molecule has 2 aromatic rings. The summed E-state index contributed by atoms with van der Waals surface area (Å²) in [5.74, 6) is 0.600. The highest BCUT2D eigenvalue weighted by Gasteiger charge is 2.15. The molecule has 5 heteroatoms. The van der Waals surface area contributed by atoms with E-state index in [1.807, 2.05) is 62.6 Å². The predicted molar refractivity (Wildman–Crippen MR) is 118 cm³/mol. The summed E-state index contributed by atoms with van der Waals surface area (Å²) >= 11 is 12.1. The van der Waals surface area contributed by atoms with E-state index < -0.39 is 0 Å². The van der Waals surface area contributed by atoms with Crippen LogP contribution < -0.4 is 0 Å². The Hall–Kier alpha value is -2.23. The summed E-state index contributed by atoms with van der Waals surface area (Å²) in [7, 11) is 3.59. The van der Waals surface area contributed by atoms with E-state index in [9.17, 15) is 4.79 Å². The van der Waals surface area contributed by atoms with Crippen LogP contribution in [0.15, 0.2) is 60.5 Å². The van der Waals surface area contributed by atoms with Crippen LogP contribution in [0.5, 0.6) is 0 Å². The molecular formula is C23H25Cl2NO2. The molecule has 1 unspecified atom stereocenters. The van der Waals surface area contributed by atoms with E-state index in [2.05, 4.69) is 11.8 Å². The molecule has 0 aromatic heterocycles. The number of carbonyl (C=O) groups excluding carboxylic acids is 1. The SMILES string of the molecule is COC(=C/N(C)C(C)Cc1ccc(Cl)cc1)/C(=C\C=O)c1cc(Cl)ccc1C. The minimum Gasteiger partial charge on any atom is -0.495 e. The quantitative estimate of drug-likeness (QED) is 0.230. The Morgan fingerprint density at radius 2 is 1.79 bits per heavy atom. The average Bonchev–Trinajstić information content (AvgIpc) is 2.68. The largest absolute Gasteiger partial charge is 0.495 e. The van der Waals surface area contributed by atoms with Crippen molar-refractivity contribution in [2.45, 2.75) is 26.3 Å². The number of benzene rings is 2. The first kappa shape index (κ1) is 22.1. The monoisotopic (exact) mass is 417 g/mol. The summed E-state index contributed by atoms with van der Waals surface area (Å²) < 4.78 is 5.63. The van der Waals surface area contributed by atoms with Crippen molar-refractivity contribution < 1.29 is 9.53 Å². The molecule has 1 atom stereocenters. The van der Waals surface area contributed by atoms with Gasteiger partial charge in [-0.2, -0.15) is 0 Å². The standard InChI is InChI=1S/C23H25Cl2NO2/c1-16-5-8-20(25)14-22(16)21(11-12-27)23(28-4)15-26(3)17(2)13-18-6-9-19(24)10-7-18/h5-12,14-15,17H,13H2,1-4H3/b21-11-,23-15+. The molecule has 0 heterocycles. The maximum absolute atomic E-state index is 11.3. The number of hydrogen-bond acceptors (Lipinski definition) is 3. The number of rotatable bonds is 8. The predicted octanol–water partition coefficient (Wildman–Crippen LogP) is 5.93. The van der Waals surface area contributed by atoms with Crippen molar-refractivity contribution in [1.82, 2.24) is 4.90 Å². The van der Waals surface area contributed by atoms with Gasteiger partial charge in [0.1, 0.15) is 12.0 Å². The summed E-state index contributed by atoms with van der Waals surface area (Å²) in [5.41, 5.74) is 3.78. The number of nitrogens with zero attached hydrogens (tertiary/aromatic N) is 1. The molecule has 148 valence electrons. The number of halogens is 2. The van der Waals surface area contributed by atoms with Gasteiger partial charge in [-0.3, -0.25) is 4.79 Å². The van der Waals surface area contributed by atoms with Crippen molar-refractivity contribution in [2.24, 2.45) is 0 Å². The first-order valence-corrected chi connectivity index (χ1v) is 9.75. The van der Waals surface area contributed by atoms with Gasteiger partial charge in [-0.25, -0.2) is 0 Å². The van der Waals surface area contributed by atoms with Gasteiger partial charge in [0.25, 0.3) is 0 Å². The molecule has 0 N–H and O–H groups in total. The first-order valence-electron chi connectivity index (χ1n) is 9.00. The molecule has 0 amide bonds. The van der Waals surface area contributed by atoms with Crippen LogP contribution in [0.4, 0.5) is 0 Å². The van der Waals surface area contributed by atoms with Crippen LogP contribution in [-0.4, -0.2) is 31.4 Å². The Morgan fingerprint density at radius 1 is 1.14 bits per heavy atom. The number of aryl methyl sites for hydroxylation is 1. The molecule has 0 aliphatic rings. The van der Waals surface area contributed by atoms with Gasteiger partial charge in [0, 0.05) is 34.9 Å². The molecule has 0 bridgehead atoms. The average molecular weight is 418 g/mol. The number of methoxy groups -OCH3 is 1. The second kappa shape index (κ2) is 10.4. The fraction of sp³-hybridized carbons (Fsp3) is 0.261. The van der Waals surface area contributed by atoms with Crippen molar-refractivity contribution in [1.29, 1.82) is 0 Å². The van der Waals surface area contributed by atoms with Crippen LogP contribution in [0.1, 0.15) is 23.6 Å². The summed E-state index contributed by atoms with van der Waals surface area (Å²) in [6, 6.07) is 13.7. The molecule has 2 aromatic carbocycles. The maximum Gasteiger partial charge on any atom is 0.143 e. The fourth-order valence-electron chi connectivity index (χ4n) is 2.91. The third kappa shape index (κ3) is 5.88. The molecule has 28 heavy (non-hydrogen) atoms.